The van der Waals surface area contributed by atoms with Gasteiger partial charge >= 0.3 is 0 Å². The highest BCUT2D eigenvalue weighted by Gasteiger charge is 2.31. The van der Waals surface area contributed by atoms with Gasteiger partial charge in [-0.3, -0.25) is 0 Å². The first-order valence-corrected chi connectivity index (χ1v) is 9.80. The van der Waals surface area contributed by atoms with Crippen LogP contribution in [0.2, 0.25) is 0 Å². The second-order valence-electron chi connectivity index (χ2n) is 7.33. The predicted molar refractivity (Wildman–Crippen MR) is 116 cm³/mol. The van der Waals surface area contributed by atoms with Crippen LogP contribution in [0.1, 0.15) is 5.56 Å². The average Bonchev–Trinajstić information content (AvgIpc) is 3.21. The first-order valence-electron chi connectivity index (χ1n) is 9.80. The lowest BCUT2D eigenvalue weighted by Crippen LogP contribution is -2.43. The number of imidazole rings is 1. The third-order valence-corrected chi connectivity index (χ3v) is 5.34. The van der Waals surface area contributed by atoms with E-state index in [1.807, 2.05) is 66.6 Å². The Bertz CT molecular complexity index is 1200. The van der Waals surface area contributed by atoms with Gasteiger partial charge in [0, 0.05) is 12.3 Å². The molecule has 2 aromatic heterocycles. The summed E-state index contributed by atoms with van der Waals surface area (Å²) in [4.78, 5) is 14.7. The number of rotatable bonds is 4. The minimum absolute atomic E-state index is 0.0380. The summed E-state index contributed by atoms with van der Waals surface area (Å²) in [6.45, 7) is 2.32. The number of para-hydroxylation sites is 1. The van der Waals surface area contributed by atoms with Crippen molar-refractivity contribution in [1.29, 1.82) is 0 Å². The highest BCUT2D eigenvalue weighted by Crippen LogP contribution is 2.44. The number of nitrogens with zero attached hydrogens (tertiary/aromatic N) is 3. The van der Waals surface area contributed by atoms with Gasteiger partial charge in [0.2, 0.25) is 0 Å². The highest BCUT2D eigenvalue weighted by atomic mass is 16.5. The zero-order chi connectivity index (χ0) is 20.7. The zero-order valence-corrected chi connectivity index (χ0v) is 16.8. The van der Waals surface area contributed by atoms with Crippen molar-refractivity contribution < 1.29 is 14.6 Å². The Hall–Kier alpha value is -3.58. The summed E-state index contributed by atoms with van der Waals surface area (Å²) in [5.74, 6) is 2.98. The van der Waals surface area contributed by atoms with Gasteiger partial charge in [0.15, 0.2) is 5.75 Å². The van der Waals surface area contributed by atoms with Crippen molar-refractivity contribution in [2.45, 2.75) is 13.0 Å². The molecule has 0 unspecified atom stereocenters. The Labute approximate surface area is 173 Å². The Morgan fingerprint density at radius 3 is 2.90 bits per heavy atom. The Morgan fingerprint density at radius 2 is 2.13 bits per heavy atom. The summed E-state index contributed by atoms with van der Waals surface area (Å²) in [6.07, 6.45) is 1.83. The lowest BCUT2D eigenvalue weighted by molar-refractivity contribution is 0.195. The van der Waals surface area contributed by atoms with E-state index >= 15 is 0 Å². The van der Waals surface area contributed by atoms with Crippen LogP contribution in [0.15, 0.2) is 54.7 Å². The molecular formula is C23H22N4O3. The molecule has 152 valence electrons. The number of aliphatic hydroxyl groups is 1. The highest BCUT2D eigenvalue weighted by molar-refractivity contribution is 5.85. The number of hydrogen-bond donors (Lipinski definition) is 2. The molecule has 0 saturated heterocycles. The number of nitrogens with one attached hydrogen (secondary N) is 1. The maximum absolute atomic E-state index is 9.95. The smallest absolute Gasteiger partial charge is 0.154 e. The summed E-state index contributed by atoms with van der Waals surface area (Å²) in [5, 5.41) is 9.95. The van der Waals surface area contributed by atoms with Crippen molar-refractivity contribution >= 4 is 22.5 Å². The fourth-order valence-corrected chi connectivity index (χ4v) is 3.79. The molecule has 3 heterocycles. The standard InChI is InChI=1S/C23H22N4O3/c1-14-6-9-21(24-11-14)27-15(12-28)13-30-22-17(4-3-5-20(22)27)23-25-18-8-7-16(29-2)10-19(18)26-23/h3-11,15,28H,12-13H2,1-2H3,(H,25,26)/t15-/m0/s1. The lowest BCUT2D eigenvalue weighted by atomic mass is 10.1. The van der Waals surface area contributed by atoms with Crippen LogP contribution in [-0.4, -0.2) is 46.4 Å². The molecule has 0 spiro atoms. The fraction of sp³-hybridized carbons (Fsp3) is 0.217. The van der Waals surface area contributed by atoms with Crippen molar-refractivity contribution in [3.05, 3.63) is 60.3 Å². The van der Waals surface area contributed by atoms with Crippen LogP contribution in [-0.2, 0) is 0 Å². The summed E-state index contributed by atoms with van der Waals surface area (Å²) in [5.41, 5.74) is 4.54. The van der Waals surface area contributed by atoms with Gasteiger partial charge < -0.3 is 24.5 Å². The molecule has 4 aromatic rings. The van der Waals surface area contributed by atoms with Gasteiger partial charge in [-0.05, 0) is 42.8 Å². The maximum Gasteiger partial charge on any atom is 0.154 e. The van der Waals surface area contributed by atoms with Crippen LogP contribution in [0, 0.1) is 6.92 Å². The van der Waals surface area contributed by atoms with Gasteiger partial charge in [-0.25, -0.2) is 9.97 Å². The first-order chi connectivity index (χ1) is 14.7. The van der Waals surface area contributed by atoms with E-state index in [0.29, 0.717) is 6.61 Å². The van der Waals surface area contributed by atoms with E-state index in [4.69, 9.17) is 14.5 Å². The van der Waals surface area contributed by atoms with Crippen LogP contribution in [0.3, 0.4) is 0 Å². The number of aliphatic hydroxyl groups excluding tert-OH is 1. The normalized spacial score (nSPS) is 15.7. The number of fused-ring (bicyclic) bond motifs is 2. The molecule has 2 aromatic carbocycles. The summed E-state index contributed by atoms with van der Waals surface area (Å²) in [7, 11) is 1.64. The van der Waals surface area contributed by atoms with Gasteiger partial charge in [-0.2, -0.15) is 0 Å². The van der Waals surface area contributed by atoms with E-state index in [2.05, 4.69) is 9.97 Å². The quantitative estimate of drug-likeness (QED) is 0.540. The Balaban J connectivity index is 1.63. The number of benzene rings is 2. The minimum atomic E-state index is -0.220. The maximum atomic E-state index is 9.95. The number of aryl methyl sites for hydroxylation is 1. The zero-order valence-electron chi connectivity index (χ0n) is 16.8. The van der Waals surface area contributed by atoms with Crippen molar-refractivity contribution in [3.8, 4) is 22.9 Å². The number of hydrogen-bond acceptors (Lipinski definition) is 6. The molecule has 1 aliphatic heterocycles. The molecule has 0 bridgehead atoms. The first kappa shape index (κ1) is 18.4. The van der Waals surface area contributed by atoms with Gasteiger partial charge in [-0.1, -0.05) is 12.1 Å². The molecule has 5 rings (SSSR count). The molecule has 30 heavy (non-hydrogen) atoms. The monoisotopic (exact) mass is 402 g/mol. The molecule has 0 radical (unpaired) electrons. The minimum Gasteiger partial charge on any atom is -0.497 e. The van der Waals surface area contributed by atoms with E-state index in [1.54, 1.807) is 7.11 Å². The van der Waals surface area contributed by atoms with E-state index in [9.17, 15) is 5.11 Å². The topological polar surface area (TPSA) is 83.5 Å². The number of aromatic nitrogens is 3. The molecule has 7 heteroatoms. The summed E-state index contributed by atoms with van der Waals surface area (Å²) in [6, 6.07) is 15.4. The van der Waals surface area contributed by atoms with Crippen molar-refractivity contribution in [1.82, 2.24) is 15.0 Å². The van der Waals surface area contributed by atoms with Crippen LogP contribution >= 0.6 is 0 Å². The molecule has 7 nitrogen and oxygen atoms in total. The largest absolute Gasteiger partial charge is 0.497 e. The van der Waals surface area contributed by atoms with Gasteiger partial charge in [0.05, 0.1) is 42.0 Å². The molecule has 0 amide bonds. The van der Waals surface area contributed by atoms with E-state index in [0.717, 1.165) is 51.0 Å². The number of methoxy groups -OCH3 is 1. The van der Waals surface area contributed by atoms with Crippen LogP contribution in [0.4, 0.5) is 11.5 Å². The fourth-order valence-electron chi connectivity index (χ4n) is 3.79. The van der Waals surface area contributed by atoms with Gasteiger partial charge in [-0.15, -0.1) is 0 Å². The number of aromatic amines is 1. The SMILES string of the molecule is COc1ccc2nc(-c3cccc4c3OC[C@H](CO)N4c3ccc(C)cn3)[nH]c2c1. The van der Waals surface area contributed by atoms with Crippen LogP contribution in [0.5, 0.6) is 11.5 Å². The van der Waals surface area contributed by atoms with Crippen molar-refractivity contribution in [2.75, 3.05) is 25.2 Å². The Kier molecular flexibility index (Phi) is 4.52. The summed E-state index contributed by atoms with van der Waals surface area (Å²) >= 11 is 0. The van der Waals surface area contributed by atoms with Crippen molar-refractivity contribution in [2.24, 2.45) is 0 Å². The van der Waals surface area contributed by atoms with Crippen LogP contribution in [0.25, 0.3) is 22.4 Å². The number of anilines is 2. The number of pyridine rings is 1. The molecule has 2 N–H and O–H groups in total. The van der Waals surface area contributed by atoms with E-state index < -0.39 is 0 Å². The van der Waals surface area contributed by atoms with Gasteiger partial charge in [0.25, 0.3) is 0 Å². The second-order valence-corrected chi connectivity index (χ2v) is 7.33. The summed E-state index contributed by atoms with van der Waals surface area (Å²) < 4.78 is 11.4. The van der Waals surface area contributed by atoms with E-state index in [-0.39, 0.29) is 12.6 Å². The molecule has 0 saturated carbocycles. The van der Waals surface area contributed by atoms with Gasteiger partial charge in [0.1, 0.15) is 24.0 Å². The molecule has 0 fully saturated rings. The lowest BCUT2D eigenvalue weighted by Gasteiger charge is -2.37. The van der Waals surface area contributed by atoms with E-state index in [1.165, 1.54) is 0 Å². The third-order valence-electron chi connectivity index (χ3n) is 5.34. The number of ether oxygens (including phenoxy) is 2. The molecule has 1 aliphatic rings. The third kappa shape index (κ3) is 3.04. The second kappa shape index (κ2) is 7.35. The average molecular weight is 402 g/mol. The predicted octanol–water partition coefficient (Wildman–Crippen LogP) is 3.83. The molecular weight excluding hydrogens is 380 g/mol. The van der Waals surface area contributed by atoms with Crippen LogP contribution < -0.4 is 14.4 Å². The molecule has 0 aliphatic carbocycles. The molecule has 1 atom stereocenters. The number of H-pyrrole nitrogens is 1. The van der Waals surface area contributed by atoms with Crippen molar-refractivity contribution in [3.63, 3.8) is 0 Å². The Morgan fingerprint density at radius 1 is 1.23 bits per heavy atom.